The third-order valence-corrected chi connectivity index (χ3v) is 5.51. The normalized spacial score (nSPS) is 11.5. The SMILES string of the molecule is Cn1c(=O)c2ccccc2n2c(CSc3nncn3-c3ccccc3)nnc12. The summed E-state index contributed by atoms with van der Waals surface area (Å²) < 4.78 is 5.38. The number of thioether (sulfide) groups is 1. The zero-order chi connectivity index (χ0) is 19.1. The standard InChI is InChI=1S/C19H15N7OS/c1-24-17(27)14-9-5-6-10-15(14)26-16(21-22-18(24)26)11-28-19-23-20-12-25(19)13-7-3-2-4-8-13/h2-10,12H,11H2,1H3. The van der Waals surface area contributed by atoms with Crippen LogP contribution in [-0.4, -0.2) is 33.9 Å². The Labute approximate surface area is 163 Å². The molecule has 0 N–H and O–H groups in total. The van der Waals surface area contributed by atoms with Gasteiger partial charge in [-0.25, -0.2) is 0 Å². The van der Waals surface area contributed by atoms with Gasteiger partial charge in [0.2, 0.25) is 5.78 Å². The molecule has 0 saturated heterocycles. The molecule has 0 fully saturated rings. The summed E-state index contributed by atoms with van der Waals surface area (Å²) in [5.41, 5.74) is 1.71. The molecule has 2 aromatic carbocycles. The number of hydrogen-bond acceptors (Lipinski definition) is 6. The highest BCUT2D eigenvalue weighted by Crippen LogP contribution is 2.24. The van der Waals surface area contributed by atoms with Gasteiger partial charge in [0.1, 0.15) is 12.2 Å². The molecular formula is C19H15N7OS. The van der Waals surface area contributed by atoms with E-state index in [4.69, 9.17) is 0 Å². The summed E-state index contributed by atoms with van der Waals surface area (Å²) in [5, 5.41) is 18.2. The lowest BCUT2D eigenvalue weighted by molar-refractivity contribution is 0.857. The molecule has 0 spiro atoms. The van der Waals surface area contributed by atoms with Gasteiger partial charge in [-0.3, -0.25) is 18.3 Å². The maximum absolute atomic E-state index is 12.6. The number of nitrogens with zero attached hydrogens (tertiary/aromatic N) is 7. The minimum absolute atomic E-state index is 0.0847. The topological polar surface area (TPSA) is 82.9 Å². The zero-order valence-corrected chi connectivity index (χ0v) is 15.7. The van der Waals surface area contributed by atoms with Crippen molar-refractivity contribution in [3.05, 3.63) is 77.1 Å². The molecule has 0 aliphatic carbocycles. The Bertz CT molecular complexity index is 1350. The number of hydrogen-bond donors (Lipinski definition) is 0. The highest BCUT2D eigenvalue weighted by atomic mass is 32.2. The van der Waals surface area contributed by atoms with Crippen molar-refractivity contribution < 1.29 is 0 Å². The van der Waals surface area contributed by atoms with Crippen LogP contribution in [-0.2, 0) is 12.8 Å². The first kappa shape index (κ1) is 16.7. The molecule has 0 aliphatic rings. The third-order valence-electron chi connectivity index (χ3n) is 4.57. The van der Waals surface area contributed by atoms with E-state index in [0.717, 1.165) is 22.2 Å². The number of benzene rings is 2. The first-order chi connectivity index (χ1) is 13.7. The van der Waals surface area contributed by atoms with Crippen LogP contribution in [0.1, 0.15) is 5.82 Å². The lowest BCUT2D eigenvalue weighted by Crippen LogP contribution is -2.20. The maximum atomic E-state index is 12.6. The number of aryl methyl sites for hydroxylation is 1. The summed E-state index contributed by atoms with van der Waals surface area (Å²) in [6.07, 6.45) is 1.69. The van der Waals surface area contributed by atoms with E-state index in [2.05, 4.69) is 20.4 Å². The molecule has 3 heterocycles. The van der Waals surface area contributed by atoms with E-state index < -0.39 is 0 Å². The quantitative estimate of drug-likeness (QED) is 0.439. The van der Waals surface area contributed by atoms with E-state index in [1.54, 1.807) is 13.4 Å². The van der Waals surface area contributed by atoms with Crippen molar-refractivity contribution in [1.29, 1.82) is 0 Å². The van der Waals surface area contributed by atoms with Crippen LogP contribution in [0.5, 0.6) is 0 Å². The summed E-state index contributed by atoms with van der Waals surface area (Å²) in [6, 6.07) is 17.4. The molecule has 0 atom stereocenters. The predicted molar refractivity (Wildman–Crippen MR) is 107 cm³/mol. The summed E-state index contributed by atoms with van der Waals surface area (Å²) in [4.78, 5) is 12.6. The molecule has 28 heavy (non-hydrogen) atoms. The molecule has 9 heteroatoms. The van der Waals surface area contributed by atoms with Crippen molar-refractivity contribution in [2.45, 2.75) is 10.9 Å². The van der Waals surface area contributed by atoms with Gasteiger partial charge in [-0.2, -0.15) is 0 Å². The Hall–Kier alpha value is -3.46. The Balaban J connectivity index is 1.56. The molecule has 5 rings (SSSR count). The summed E-state index contributed by atoms with van der Waals surface area (Å²) in [7, 11) is 1.71. The average molecular weight is 389 g/mol. The van der Waals surface area contributed by atoms with Crippen molar-refractivity contribution in [2.24, 2.45) is 7.05 Å². The highest BCUT2D eigenvalue weighted by Gasteiger charge is 2.16. The number of aromatic nitrogens is 7. The third kappa shape index (κ3) is 2.59. The van der Waals surface area contributed by atoms with Gasteiger partial charge in [0.15, 0.2) is 5.16 Å². The first-order valence-corrected chi connectivity index (χ1v) is 9.62. The van der Waals surface area contributed by atoms with Gasteiger partial charge < -0.3 is 0 Å². The molecule has 0 amide bonds. The summed E-state index contributed by atoms with van der Waals surface area (Å²) in [6.45, 7) is 0. The van der Waals surface area contributed by atoms with E-state index in [1.165, 1.54) is 16.3 Å². The van der Waals surface area contributed by atoms with Crippen molar-refractivity contribution in [3.63, 3.8) is 0 Å². The lowest BCUT2D eigenvalue weighted by Gasteiger charge is -2.08. The second-order valence-corrected chi connectivity index (χ2v) is 7.18. The van der Waals surface area contributed by atoms with Gasteiger partial charge in [-0.15, -0.1) is 20.4 Å². The number of fused-ring (bicyclic) bond motifs is 3. The smallest absolute Gasteiger partial charge is 0.262 e. The highest BCUT2D eigenvalue weighted by molar-refractivity contribution is 7.98. The minimum Gasteiger partial charge on any atom is -0.279 e. The molecule has 0 unspecified atom stereocenters. The second-order valence-electron chi connectivity index (χ2n) is 6.24. The van der Waals surface area contributed by atoms with Gasteiger partial charge in [0.25, 0.3) is 5.56 Å². The average Bonchev–Trinajstić information content (AvgIpc) is 3.38. The van der Waals surface area contributed by atoms with Gasteiger partial charge in [-0.1, -0.05) is 42.1 Å². The van der Waals surface area contributed by atoms with Crippen molar-refractivity contribution in [1.82, 2.24) is 33.9 Å². The van der Waals surface area contributed by atoms with Crippen LogP contribution < -0.4 is 5.56 Å². The molecule has 0 bridgehead atoms. The van der Waals surface area contributed by atoms with E-state index in [-0.39, 0.29) is 5.56 Å². The Kier molecular flexibility index (Phi) is 3.94. The summed E-state index contributed by atoms with van der Waals surface area (Å²) in [5.74, 6) is 1.80. The zero-order valence-electron chi connectivity index (χ0n) is 14.9. The second kappa shape index (κ2) is 6.61. The number of rotatable bonds is 4. The fourth-order valence-corrected chi connectivity index (χ4v) is 4.04. The van der Waals surface area contributed by atoms with Crippen LogP contribution in [0.25, 0.3) is 22.4 Å². The van der Waals surface area contributed by atoms with Crippen molar-refractivity contribution in [3.8, 4) is 5.69 Å². The van der Waals surface area contributed by atoms with E-state index >= 15 is 0 Å². The van der Waals surface area contributed by atoms with Crippen LogP contribution in [0.4, 0.5) is 0 Å². The van der Waals surface area contributed by atoms with Crippen LogP contribution in [0.15, 0.2) is 70.9 Å². The fourth-order valence-electron chi connectivity index (χ4n) is 3.20. The molecule has 0 aliphatic heterocycles. The molecular weight excluding hydrogens is 374 g/mol. The first-order valence-electron chi connectivity index (χ1n) is 8.64. The Morgan fingerprint density at radius 1 is 0.964 bits per heavy atom. The van der Waals surface area contributed by atoms with Crippen LogP contribution in [0, 0.1) is 0 Å². The monoisotopic (exact) mass is 389 g/mol. The minimum atomic E-state index is -0.0847. The van der Waals surface area contributed by atoms with Crippen LogP contribution >= 0.6 is 11.8 Å². The number of para-hydroxylation sites is 2. The van der Waals surface area contributed by atoms with Crippen molar-refractivity contribution >= 4 is 28.4 Å². The molecule has 0 radical (unpaired) electrons. The molecule has 138 valence electrons. The van der Waals surface area contributed by atoms with Gasteiger partial charge >= 0.3 is 0 Å². The van der Waals surface area contributed by atoms with Gasteiger partial charge in [0, 0.05) is 12.7 Å². The molecule has 8 nitrogen and oxygen atoms in total. The van der Waals surface area contributed by atoms with Crippen LogP contribution in [0.3, 0.4) is 0 Å². The fraction of sp³-hybridized carbons (Fsp3) is 0.105. The maximum Gasteiger partial charge on any atom is 0.262 e. The van der Waals surface area contributed by atoms with E-state index in [9.17, 15) is 4.79 Å². The molecule has 5 aromatic rings. The summed E-state index contributed by atoms with van der Waals surface area (Å²) >= 11 is 1.52. The van der Waals surface area contributed by atoms with E-state index in [0.29, 0.717) is 16.9 Å². The predicted octanol–water partition coefficient (Wildman–Crippen LogP) is 2.45. The Morgan fingerprint density at radius 2 is 1.75 bits per heavy atom. The molecule has 0 saturated carbocycles. The molecule has 3 aromatic heterocycles. The Morgan fingerprint density at radius 3 is 2.61 bits per heavy atom. The lowest BCUT2D eigenvalue weighted by atomic mass is 10.2. The van der Waals surface area contributed by atoms with E-state index in [1.807, 2.05) is 63.6 Å². The van der Waals surface area contributed by atoms with Gasteiger partial charge in [0.05, 0.1) is 16.7 Å². The van der Waals surface area contributed by atoms with Crippen LogP contribution in [0.2, 0.25) is 0 Å². The largest absolute Gasteiger partial charge is 0.279 e. The van der Waals surface area contributed by atoms with Gasteiger partial charge in [-0.05, 0) is 24.3 Å². The van der Waals surface area contributed by atoms with Crippen molar-refractivity contribution in [2.75, 3.05) is 0 Å².